The van der Waals surface area contributed by atoms with Crippen LogP contribution in [0, 0.1) is 19.8 Å². The Labute approximate surface area is 155 Å². The first-order valence-electron chi connectivity index (χ1n) is 8.51. The number of amides is 2. The Bertz CT molecular complexity index is 893. The molecule has 1 fully saturated rings. The molecule has 2 aromatic carbocycles. The van der Waals surface area contributed by atoms with E-state index in [2.05, 4.69) is 5.32 Å². The van der Waals surface area contributed by atoms with Crippen LogP contribution in [0.2, 0.25) is 0 Å². The average molecular weight is 376 g/mol. The molecule has 1 aliphatic rings. The average Bonchev–Trinajstić information content (AvgIpc) is 2.99. The van der Waals surface area contributed by atoms with E-state index in [1.165, 1.54) is 17.0 Å². The SMILES string of the molecule is Cc1ccc(NC(=O)C2CC(=O)N(c3cccc(C(F)(F)F)c3)C2)c(C)c1. The van der Waals surface area contributed by atoms with E-state index in [4.69, 9.17) is 0 Å². The van der Waals surface area contributed by atoms with Gasteiger partial charge in [0.05, 0.1) is 11.5 Å². The predicted octanol–water partition coefficient (Wildman–Crippen LogP) is 4.31. The van der Waals surface area contributed by atoms with Crippen molar-refractivity contribution in [2.45, 2.75) is 26.4 Å². The van der Waals surface area contributed by atoms with Gasteiger partial charge in [0, 0.05) is 24.3 Å². The van der Waals surface area contributed by atoms with Crippen LogP contribution in [0.4, 0.5) is 24.5 Å². The first-order valence-corrected chi connectivity index (χ1v) is 8.51. The van der Waals surface area contributed by atoms with Crippen LogP contribution in [-0.2, 0) is 15.8 Å². The van der Waals surface area contributed by atoms with E-state index in [0.29, 0.717) is 5.69 Å². The number of nitrogens with one attached hydrogen (secondary N) is 1. The second-order valence-electron chi connectivity index (χ2n) is 6.76. The Morgan fingerprint density at radius 2 is 1.89 bits per heavy atom. The van der Waals surface area contributed by atoms with E-state index in [1.54, 1.807) is 6.07 Å². The normalized spacial score (nSPS) is 17.3. The van der Waals surface area contributed by atoms with Crippen LogP contribution in [0.1, 0.15) is 23.1 Å². The molecule has 1 aliphatic heterocycles. The first-order chi connectivity index (χ1) is 12.6. The Morgan fingerprint density at radius 1 is 1.15 bits per heavy atom. The van der Waals surface area contributed by atoms with Crippen molar-refractivity contribution in [1.82, 2.24) is 0 Å². The fraction of sp³-hybridized carbons (Fsp3) is 0.300. The van der Waals surface area contributed by atoms with Gasteiger partial charge in [-0.3, -0.25) is 9.59 Å². The van der Waals surface area contributed by atoms with Crippen LogP contribution in [0.3, 0.4) is 0 Å². The van der Waals surface area contributed by atoms with Gasteiger partial charge in [0.15, 0.2) is 0 Å². The molecule has 0 radical (unpaired) electrons. The molecule has 2 amide bonds. The smallest absolute Gasteiger partial charge is 0.326 e. The molecule has 1 saturated heterocycles. The standard InChI is InChI=1S/C20H19F3N2O2/c1-12-6-7-17(13(2)8-12)24-19(27)14-9-18(26)25(11-14)16-5-3-4-15(10-16)20(21,22)23/h3-8,10,14H,9,11H2,1-2H3,(H,24,27). The van der Waals surface area contributed by atoms with Crippen molar-refractivity contribution in [3.05, 3.63) is 59.2 Å². The summed E-state index contributed by atoms with van der Waals surface area (Å²) < 4.78 is 38.7. The minimum atomic E-state index is -4.49. The molecule has 0 bridgehead atoms. The Hall–Kier alpha value is -2.83. The molecule has 0 aromatic heterocycles. The third-order valence-electron chi connectivity index (χ3n) is 4.62. The number of benzene rings is 2. The highest BCUT2D eigenvalue weighted by Crippen LogP contribution is 2.33. The summed E-state index contributed by atoms with van der Waals surface area (Å²) in [6, 6.07) is 10.2. The van der Waals surface area contributed by atoms with Crippen LogP contribution in [0.25, 0.3) is 0 Å². The lowest BCUT2D eigenvalue weighted by molar-refractivity contribution is -0.137. The number of alkyl halides is 3. The van der Waals surface area contributed by atoms with Crippen molar-refractivity contribution in [2.75, 3.05) is 16.8 Å². The summed E-state index contributed by atoms with van der Waals surface area (Å²) in [7, 11) is 0. The summed E-state index contributed by atoms with van der Waals surface area (Å²) in [4.78, 5) is 26.0. The van der Waals surface area contributed by atoms with E-state index in [9.17, 15) is 22.8 Å². The molecule has 1 heterocycles. The summed E-state index contributed by atoms with van der Waals surface area (Å²) in [5, 5.41) is 2.81. The minimum absolute atomic E-state index is 0.0347. The second-order valence-corrected chi connectivity index (χ2v) is 6.76. The number of hydrogen-bond acceptors (Lipinski definition) is 2. The van der Waals surface area contributed by atoms with Gasteiger partial charge >= 0.3 is 6.18 Å². The van der Waals surface area contributed by atoms with Gasteiger partial charge in [-0.05, 0) is 43.7 Å². The fourth-order valence-electron chi connectivity index (χ4n) is 3.17. The van der Waals surface area contributed by atoms with Crippen molar-refractivity contribution in [1.29, 1.82) is 0 Å². The Balaban J connectivity index is 1.74. The molecule has 1 unspecified atom stereocenters. The molecule has 7 heteroatoms. The molecule has 142 valence electrons. The van der Waals surface area contributed by atoms with Crippen LogP contribution in [-0.4, -0.2) is 18.4 Å². The number of rotatable bonds is 3. The summed E-state index contributed by atoms with van der Waals surface area (Å²) in [5.41, 5.74) is 1.96. The van der Waals surface area contributed by atoms with Crippen molar-refractivity contribution in [3.8, 4) is 0 Å². The van der Waals surface area contributed by atoms with Crippen LogP contribution < -0.4 is 10.2 Å². The van der Waals surface area contributed by atoms with E-state index >= 15 is 0 Å². The van der Waals surface area contributed by atoms with E-state index in [1.807, 2.05) is 26.0 Å². The third-order valence-corrected chi connectivity index (χ3v) is 4.62. The van der Waals surface area contributed by atoms with Crippen LogP contribution in [0.5, 0.6) is 0 Å². The van der Waals surface area contributed by atoms with E-state index in [-0.39, 0.29) is 30.5 Å². The molecule has 0 spiro atoms. The molecule has 4 nitrogen and oxygen atoms in total. The lowest BCUT2D eigenvalue weighted by Gasteiger charge is -2.18. The molecular formula is C20H19F3N2O2. The van der Waals surface area contributed by atoms with Crippen molar-refractivity contribution < 1.29 is 22.8 Å². The maximum Gasteiger partial charge on any atom is 0.416 e. The summed E-state index contributed by atoms with van der Waals surface area (Å²) >= 11 is 0. The van der Waals surface area contributed by atoms with Gasteiger partial charge in [0.2, 0.25) is 11.8 Å². The lowest BCUT2D eigenvalue weighted by atomic mass is 10.1. The maximum atomic E-state index is 12.9. The third kappa shape index (κ3) is 4.13. The van der Waals surface area contributed by atoms with Crippen LogP contribution >= 0.6 is 0 Å². The maximum absolute atomic E-state index is 12.9. The molecule has 1 N–H and O–H groups in total. The molecule has 0 aliphatic carbocycles. The minimum Gasteiger partial charge on any atom is -0.326 e. The summed E-state index contributed by atoms with van der Waals surface area (Å²) in [6.07, 6.45) is -4.52. The summed E-state index contributed by atoms with van der Waals surface area (Å²) in [6.45, 7) is 3.87. The lowest BCUT2D eigenvalue weighted by Crippen LogP contribution is -2.28. The predicted molar refractivity (Wildman–Crippen MR) is 96.4 cm³/mol. The van der Waals surface area contributed by atoms with E-state index < -0.39 is 17.7 Å². The van der Waals surface area contributed by atoms with Gasteiger partial charge in [0.25, 0.3) is 0 Å². The zero-order valence-electron chi connectivity index (χ0n) is 14.9. The number of carbonyl (C=O) groups excluding carboxylic acids is 2. The molecular weight excluding hydrogens is 357 g/mol. The van der Waals surface area contributed by atoms with Crippen molar-refractivity contribution in [2.24, 2.45) is 5.92 Å². The van der Waals surface area contributed by atoms with Crippen molar-refractivity contribution >= 4 is 23.2 Å². The highest BCUT2D eigenvalue weighted by Gasteiger charge is 2.37. The largest absolute Gasteiger partial charge is 0.416 e. The topological polar surface area (TPSA) is 49.4 Å². The quantitative estimate of drug-likeness (QED) is 0.868. The number of aryl methyl sites for hydroxylation is 2. The monoisotopic (exact) mass is 376 g/mol. The molecule has 27 heavy (non-hydrogen) atoms. The molecule has 0 saturated carbocycles. The van der Waals surface area contributed by atoms with Gasteiger partial charge in [-0.2, -0.15) is 13.2 Å². The zero-order chi connectivity index (χ0) is 19.8. The number of hydrogen-bond donors (Lipinski definition) is 1. The Kier molecular flexibility index (Phi) is 4.95. The Morgan fingerprint density at radius 3 is 2.56 bits per heavy atom. The highest BCUT2D eigenvalue weighted by molar-refractivity contribution is 6.03. The molecule has 3 rings (SSSR count). The number of nitrogens with zero attached hydrogens (tertiary/aromatic N) is 1. The second kappa shape index (κ2) is 7.06. The van der Waals surface area contributed by atoms with Gasteiger partial charge in [-0.1, -0.05) is 23.8 Å². The van der Waals surface area contributed by atoms with Crippen molar-refractivity contribution in [3.63, 3.8) is 0 Å². The van der Waals surface area contributed by atoms with Crippen LogP contribution in [0.15, 0.2) is 42.5 Å². The molecule has 1 atom stereocenters. The number of carbonyl (C=O) groups is 2. The molecule has 2 aromatic rings. The zero-order valence-corrected chi connectivity index (χ0v) is 14.9. The summed E-state index contributed by atoms with van der Waals surface area (Å²) in [5.74, 6) is -1.30. The fourth-order valence-corrected chi connectivity index (χ4v) is 3.17. The van der Waals surface area contributed by atoms with Gasteiger partial charge < -0.3 is 10.2 Å². The number of anilines is 2. The van der Waals surface area contributed by atoms with Gasteiger partial charge in [-0.15, -0.1) is 0 Å². The van der Waals surface area contributed by atoms with Gasteiger partial charge in [0.1, 0.15) is 0 Å². The van der Waals surface area contributed by atoms with Gasteiger partial charge in [-0.25, -0.2) is 0 Å². The van der Waals surface area contributed by atoms with E-state index in [0.717, 1.165) is 23.3 Å². The highest BCUT2D eigenvalue weighted by atomic mass is 19.4. The first kappa shape index (κ1) is 18.9. The number of halogens is 3.